The summed E-state index contributed by atoms with van der Waals surface area (Å²) in [7, 11) is 4.74. The van der Waals surface area contributed by atoms with Crippen LogP contribution in [0.1, 0.15) is 43.0 Å². The van der Waals surface area contributed by atoms with Crippen molar-refractivity contribution in [1.82, 2.24) is 5.32 Å². The lowest BCUT2D eigenvalue weighted by Crippen LogP contribution is -2.45. The molecule has 0 aliphatic carbocycles. The van der Waals surface area contributed by atoms with Gasteiger partial charge in [-0.1, -0.05) is 36.4 Å². The summed E-state index contributed by atoms with van der Waals surface area (Å²) >= 11 is 0. The molecule has 3 amide bonds. The Bertz CT molecular complexity index is 2490. The minimum Gasteiger partial charge on any atom is -0.493 e. The summed E-state index contributed by atoms with van der Waals surface area (Å²) in [5, 5.41) is 23.7. The highest BCUT2D eigenvalue weighted by Gasteiger charge is 2.42. The summed E-state index contributed by atoms with van der Waals surface area (Å²) in [6.45, 7) is 0.848. The Morgan fingerprint density at radius 1 is 0.746 bits per heavy atom. The molecule has 59 heavy (non-hydrogen) atoms. The molecule has 5 aromatic rings. The van der Waals surface area contributed by atoms with Gasteiger partial charge in [-0.3, -0.25) is 14.4 Å². The Morgan fingerprint density at radius 3 is 1.97 bits per heavy atom. The molecule has 2 unspecified atom stereocenters. The third kappa shape index (κ3) is 6.99. The van der Waals surface area contributed by atoms with Gasteiger partial charge >= 0.3 is 0 Å². The van der Waals surface area contributed by atoms with Crippen molar-refractivity contribution in [3.05, 3.63) is 124 Å². The number of carbonyl (C=O) groups is 3. The summed E-state index contributed by atoms with van der Waals surface area (Å²) in [4.78, 5) is 44.1. The first-order chi connectivity index (χ1) is 28.7. The summed E-state index contributed by atoms with van der Waals surface area (Å²) in [5.74, 6) is 0.961. The van der Waals surface area contributed by atoms with Gasteiger partial charge in [-0.15, -0.1) is 0 Å². The van der Waals surface area contributed by atoms with Crippen LogP contribution in [0, 0.1) is 0 Å². The van der Waals surface area contributed by atoms with Crippen LogP contribution >= 0.6 is 0 Å². The van der Waals surface area contributed by atoms with E-state index in [-0.39, 0.29) is 43.5 Å². The number of ether oxygens (including phenoxy) is 4. The lowest BCUT2D eigenvalue weighted by molar-refractivity contribution is -0.115. The number of amides is 3. The molecule has 0 bridgehead atoms. The molecule has 302 valence electrons. The number of likely N-dealkylation sites (N-methyl/N-ethyl adjacent to an activating group) is 1. The predicted octanol–water partition coefficient (Wildman–Crippen LogP) is 5.33. The van der Waals surface area contributed by atoms with Gasteiger partial charge in [0.25, 0.3) is 11.8 Å². The minimum absolute atomic E-state index is 0.0175. The number of para-hydroxylation sites is 2. The molecule has 3 atom stereocenters. The van der Waals surface area contributed by atoms with Crippen molar-refractivity contribution < 1.29 is 38.4 Å². The van der Waals surface area contributed by atoms with Crippen molar-refractivity contribution >= 4 is 46.2 Å². The first-order valence-electron chi connectivity index (χ1n) is 19.5. The Morgan fingerprint density at radius 2 is 1.32 bits per heavy atom. The van der Waals surface area contributed by atoms with E-state index in [1.54, 1.807) is 36.2 Å². The van der Waals surface area contributed by atoms with E-state index in [2.05, 4.69) is 27.3 Å². The maximum Gasteiger partial charge on any atom is 0.260 e. The van der Waals surface area contributed by atoms with Gasteiger partial charge in [0.2, 0.25) is 5.91 Å². The van der Waals surface area contributed by atoms with Gasteiger partial charge in [0.05, 0.1) is 55.3 Å². The first-order valence-corrected chi connectivity index (χ1v) is 19.5. The van der Waals surface area contributed by atoms with Crippen LogP contribution in [0.5, 0.6) is 23.0 Å². The van der Waals surface area contributed by atoms with Crippen LogP contribution in [0.3, 0.4) is 0 Å². The molecule has 0 aromatic heterocycles. The molecule has 0 radical (unpaired) electrons. The zero-order chi connectivity index (χ0) is 40.8. The Labute approximate surface area is 341 Å². The highest BCUT2D eigenvalue weighted by molar-refractivity contribution is 6.13. The number of carbonyl (C=O) groups excluding carboxylic acids is 3. The smallest absolute Gasteiger partial charge is 0.260 e. The number of hydrogen-bond acceptors (Lipinski definition) is 11. The van der Waals surface area contributed by atoms with E-state index < -0.39 is 12.3 Å². The van der Waals surface area contributed by atoms with Crippen LogP contribution in [0.2, 0.25) is 0 Å². The van der Waals surface area contributed by atoms with E-state index in [4.69, 9.17) is 18.9 Å². The number of anilines is 5. The summed E-state index contributed by atoms with van der Waals surface area (Å²) in [6.07, 6.45) is 0.255. The van der Waals surface area contributed by atoms with Crippen molar-refractivity contribution in [2.24, 2.45) is 0 Å². The summed E-state index contributed by atoms with van der Waals surface area (Å²) in [5.41, 5.74) is 7.75. The first kappa shape index (κ1) is 37.8. The van der Waals surface area contributed by atoms with E-state index in [9.17, 15) is 19.5 Å². The molecule has 0 fully saturated rings. The van der Waals surface area contributed by atoms with Crippen molar-refractivity contribution in [2.45, 2.75) is 44.4 Å². The van der Waals surface area contributed by atoms with Crippen molar-refractivity contribution in [2.75, 3.05) is 60.1 Å². The van der Waals surface area contributed by atoms with Gasteiger partial charge in [0.15, 0.2) is 23.0 Å². The van der Waals surface area contributed by atoms with Crippen LogP contribution in [0.25, 0.3) is 0 Å². The molecule has 0 spiro atoms. The lowest BCUT2D eigenvalue weighted by Gasteiger charge is -2.26. The summed E-state index contributed by atoms with van der Waals surface area (Å²) in [6, 6.07) is 27.5. The van der Waals surface area contributed by atoms with Gasteiger partial charge < -0.3 is 55.1 Å². The number of aliphatic hydroxyl groups is 1. The minimum atomic E-state index is -1.03. The van der Waals surface area contributed by atoms with E-state index >= 15 is 0 Å². The molecule has 5 N–H and O–H groups in total. The van der Waals surface area contributed by atoms with E-state index in [0.717, 1.165) is 34.5 Å². The lowest BCUT2D eigenvalue weighted by atomic mass is 10.1. The van der Waals surface area contributed by atoms with Gasteiger partial charge in [-0.2, -0.15) is 0 Å². The topological polar surface area (TPSA) is 163 Å². The fourth-order valence-electron chi connectivity index (χ4n) is 8.54. The molecule has 0 saturated carbocycles. The molecule has 4 aliphatic rings. The Kier molecular flexibility index (Phi) is 9.95. The highest BCUT2D eigenvalue weighted by atomic mass is 16.5. The second-order valence-electron chi connectivity index (χ2n) is 15.0. The van der Waals surface area contributed by atoms with Crippen LogP contribution in [0.15, 0.2) is 91.0 Å². The number of hydrogen-bond donors (Lipinski definition) is 5. The van der Waals surface area contributed by atoms with Crippen molar-refractivity contribution in [3.63, 3.8) is 0 Å². The number of nitrogens with zero attached hydrogens (tertiary/aromatic N) is 2. The zero-order valence-corrected chi connectivity index (χ0v) is 32.8. The fraction of sp³-hybridized carbons (Fsp3) is 0.267. The third-order valence-electron chi connectivity index (χ3n) is 11.2. The molecule has 14 heteroatoms. The fourth-order valence-corrected chi connectivity index (χ4v) is 8.54. The van der Waals surface area contributed by atoms with Gasteiger partial charge in [0, 0.05) is 35.7 Å². The maximum absolute atomic E-state index is 14.0. The van der Waals surface area contributed by atoms with Gasteiger partial charge in [-0.05, 0) is 84.6 Å². The molecular formula is C45H44N6O8. The monoisotopic (exact) mass is 796 g/mol. The molecule has 14 nitrogen and oxygen atoms in total. The number of nitrogens with one attached hydrogen (secondary N) is 4. The van der Waals surface area contributed by atoms with E-state index in [0.29, 0.717) is 69.7 Å². The Balaban J connectivity index is 0.965. The second kappa shape index (κ2) is 15.5. The molecule has 9 rings (SSSR count). The zero-order valence-electron chi connectivity index (χ0n) is 32.8. The van der Waals surface area contributed by atoms with Crippen molar-refractivity contribution in [3.8, 4) is 23.0 Å². The molecule has 4 heterocycles. The normalized spacial score (nSPS) is 18.4. The number of fused-ring (bicyclic) bond motifs is 8. The van der Waals surface area contributed by atoms with E-state index in [1.807, 2.05) is 65.6 Å². The number of aliphatic hydroxyl groups excluding tert-OH is 1. The van der Waals surface area contributed by atoms with Crippen LogP contribution in [0.4, 0.5) is 28.4 Å². The average molecular weight is 797 g/mol. The standard InChI is InChI=1S/C45H44N6O8/c1-46-22-42(52)48-29-13-25(23-58-40-19-33-31(17-38(40)56-2)44(54)50-30(21-47-33)15-27-8-4-6-10-35(27)50)12-26(14-29)24-59-41-20-34-32(18-39(41)57-3)45(55)51-36-11-7-5-9-28(36)16-37(51)43(53)49-34/h4-14,17-20,30,37,43,46-47,49,53H,15-16,21-24H2,1-3H3,(H,48,52)/t30?,37?,43-/m1/s1. The molecular weight excluding hydrogens is 753 g/mol. The SMILES string of the molecule is CNCC(=O)Nc1cc(COc2cc3c(cc2OC)C(=O)N2c4ccccc4CC2CN3)cc(COc2cc3c(cc2OC)C(=O)N2c4ccccc4CC2[C@@H](O)N3)c1. The average Bonchev–Trinajstić information content (AvgIpc) is 3.76. The van der Waals surface area contributed by atoms with Crippen LogP contribution < -0.4 is 50.0 Å². The summed E-state index contributed by atoms with van der Waals surface area (Å²) < 4.78 is 24.2. The van der Waals surface area contributed by atoms with Crippen molar-refractivity contribution in [1.29, 1.82) is 0 Å². The van der Waals surface area contributed by atoms with Gasteiger partial charge in [0.1, 0.15) is 19.4 Å². The molecule has 0 saturated heterocycles. The quantitative estimate of drug-likeness (QED) is 0.118. The predicted molar refractivity (Wildman–Crippen MR) is 223 cm³/mol. The van der Waals surface area contributed by atoms with Crippen LogP contribution in [-0.2, 0) is 30.8 Å². The highest BCUT2D eigenvalue weighted by Crippen LogP contribution is 2.43. The number of methoxy groups -OCH3 is 2. The van der Waals surface area contributed by atoms with Gasteiger partial charge in [-0.25, -0.2) is 0 Å². The molecule has 4 aliphatic heterocycles. The number of benzene rings is 5. The largest absolute Gasteiger partial charge is 0.493 e. The third-order valence-corrected chi connectivity index (χ3v) is 11.2. The van der Waals surface area contributed by atoms with E-state index in [1.165, 1.54) is 14.2 Å². The Hall–Kier alpha value is -6.77. The van der Waals surface area contributed by atoms with Crippen LogP contribution in [-0.4, -0.2) is 75.5 Å². The molecule has 5 aromatic carbocycles. The number of rotatable bonds is 11. The second-order valence-corrected chi connectivity index (χ2v) is 15.0. The maximum atomic E-state index is 14.0.